The Morgan fingerprint density at radius 2 is 2.08 bits per heavy atom. The van der Waals surface area contributed by atoms with Crippen LogP contribution in [-0.4, -0.2) is 36.4 Å². The number of hydrogen-bond donors (Lipinski definition) is 2. The lowest BCUT2D eigenvalue weighted by Gasteiger charge is -2.17. The Kier molecular flexibility index (Phi) is 2.89. The molecule has 6 nitrogen and oxygen atoms in total. The van der Waals surface area contributed by atoms with Crippen molar-refractivity contribution in [3.05, 3.63) is 0 Å². The van der Waals surface area contributed by atoms with Gasteiger partial charge in [0.2, 0.25) is 0 Å². The molecule has 0 heterocycles. The summed E-state index contributed by atoms with van der Waals surface area (Å²) in [6.45, 7) is -0.0289. The molecule has 0 aromatic heterocycles. The predicted octanol–water partition coefficient (Wildman–Crippen LogP) is -0.871. The molecule has 0 radical (unpaired) electrons. The van der Waals surface area contributed by atoms with Crippen LogP contribution < -0.4 is 5.14 Å². The minimum atomic E-state index is -3.73. The first-order valence-electron chi connectivity index (χ1n) is 3.92. The van der Waals surface area contributed by atoms with Crippen LogP contribution in [0.2, 0.25) is 0 Å². The first kappa shape index (κ1) is 10.4. The Labute approximate surface area is 76.5 Å². The largest absolute Gasteiger partial charge is 0.481 e. The number of nitrogens with zero attached hydrogens (tertiary/aromatic N) is 1. The normalized spacial score (nSPS) is 17.7. The van der Waals surface area contributed by atoms with E-state index in [1.54, 1.807) is 0 Å². The van der Waals surface area contributed by atoms with Gasteiger partial charge in [0, 0.05) is 12.6 Å². The maximum Gasteiger partial charge on any atom is 0.304 e. The van der Waals surface area contributed by atoms with Gasteiger partial charge in [-0.05, 0) is 12.8 Å². The number of aliphatic carboxylic acids is 1. The van der Waals surface area contributed by atoms with Crippen molar-refractivity contribution in [2.24, 2.45) is 5.14 Å². The third-order valence-electron chi connectivity index (χ3n) is 1.83. The monoisotopic (exact) mass is 208 g/mol. The summed E-state index contributed by atoms with van der Waals surface area (Å²) in [6.07, 6.45) is 1.35. The molecule has 76 valence electrons. The number of nitrogens with two attached hydrogens (primary N) is 1. The Morgan fingerprint density at radius 3 is 2.38 bits per heavy atom. The molecule has 1 fully saturated rings. The van der Waals surface area contributed by atoms with E-state index in [9.17, 15) is 13.2 Å². The van der Waals surface area contributed by atoms with Gasteiger partial charge >= 0.3 is 5.97 Å². The van der Waals surface area contributed by atoms with Gasteiger partial charge in [0.15, 0.2) is 0 Å². The maximum absolute atomic E-state index is 10.9. The minimum absolute atomic E-state index is 0.0289. The van der Waals surface area contributed by atoms with Gasteiger partial charge in [-0.25, -0.2) is 5.14 Å². The Balaban J connectivity index is 2.53. The van der Waals surface area contributed by atoms with E-state index in [2.05, 4.69) is 0 Å². The van der Waals surface area contributed by atoms with Crippen LogP contribution in [0.1, 0.15) is 19.3 Å². The molecule has 0 spiro atoms. The Hall–Kier alpha value is -0.660. The summed E-state index contributed by atoms with van der Waals surface area (Å²) in [5, 5.41) is 13.3. The van der Waals surface area contributed by atoms with E-state index in [1.807, 2.05) is 0 Å². The van der Waals surface area contributed by atoms with Crippen molar-refractivity contribution in [3.63, 3.8) is 0 Å². The summed E-state index contributed by atoms with van der Waals surface area (Å²) in [4.78, 5) is 10.2. The van der Waals surface area contributed by atoms with Crippen LogP contribution in [0.4, 0.5) is 0 Å². The molecule has 0 amide bonds. The molecule has 0 aliphatic heterocycles. The summed E-state index contributed by atoms with van der Waals surface area (Å²) in [5.74, 6) is -1.02. The molecule has 1 aliphatic carbocycles. The third kappa shape index (κ3) is 3.29. The maximum atomic E-state index is 10.9. The number of carbonyl (C=O) groups is 1. The minimum Gasteiger partial charge on any atom is -0.481 e. The Morgan fingerprint density at radius 1 is 1.54 bits per heavy atom. The Bertz CT molecular complexity index is 296. The van der Waals surface area contributed by atoms with Gasteiger partial charge in [-0.3, -0.25) is 4.79 Å². The average Bonchev–Trinajstić information content (AvgIpc) is 2.67. The lowest BCUT2D eigenvalue weighted by atomic mass is 10.4. The van der Waals surface area contributed by atoms with Crippen LogP contribution in [0.25, 0.3) is 0 Å². The fraction of sp³-hybridized carbons (Fsp3) is 0.833. The van der Waals surface area contributed by atoms with Crippen LogP contribution in [0.5, 0.6) is 0 Å². The quantitative estimate of drug-likeness (QED) is 0.613. The molecule has 0 unspecified atom stereocenters. The van der Waals surface area contributed by atoms with E-state index >= 15 is 0 Å². The molecular formula is C6H12N2O4S. The van der Waals surface area contributed by atoms with Crippen molar-refractivity contribution in [1.29, 1.82) is 0 Å². The zero-order valence-electron chi connectivity index (χ0n) is 7.01. The standard InChI is InChI=1S/C6H12N2O4S/c7-13(11,12)8(5-1-2-5)4-3-6(9)10/h5H,1-4H2,(H,9,10)(H2,7,11,12). The molecular weight excluding hydrogens is 196 g/mol. The van der Waals surface area contributed by atoms with Crippen LogP contribution in [0.15, 0.2) is 0 Å². The van der Waals surface area contributed by atoms with Crippen molar-refractivity contribution in [2.75, 3.05) is 6.54 Å². The van der Waals surface area contributed by atoms with Gasteiger partial charge in [-0.15, -0.1) is 0 Å². The van der Waals surface area contributed by atoms with E-state index in [0.717, 1.165) is 17.1 Å². The van der Waals surface area contributed by atoms with Crippen LogP contribution >= 0.6 is 0 Å². The van der Waals surface area contributed by atoms with E-state index in [0.29, 0.717) is 0 Å². The molecule has 1 rings (SSSR count). The van der Waals surface area contributed by atoms with E-state index in [1.165, 1.54) is 0 Å². The van der Waals surface area contributed by atoms with E-state index in [-0.39, 0.29) is 19.0 Å². The molecule has 0 bridgehead atoms. The van der Waals surface area contributed by atoms with Crippen molar-refractivity contribution < 1.29 is 18.3 Å². The summed E-state index contributed by atoms with van der Waals surface area (Å²) >= 11 is 0. The first-order chi connectivity index (χ1) is 5.91. The van der Waals surface area contributed by atoms with Crippen molar-refractivity contribution in [3.8, 4) is 0 Å². The second-order valence-electron chi connectivity index (χ2n) is 3.03. The molecule has 1 saturated carbocycles. The summed E-state index contributed by atoms with van der Waals surface area (Å²) in [7, 11) is -3.73. The molecule has 0 aromatic carbocycles. The summed E-state index contributed by atoms with van der Waals surface area (Å²) in [6, 6.07) is -0.0747. The van der Waals surface area contributed by atoms with Crippen molar-refractivity contribution in [1.82, 2.24) is 4.31 Å². The topological polar surface area (TPSA) is 101 Å². The SMILES string of the molecule is NS(=O)(=O)N(CCC(=O)O)C1CC1. The predicted molar refractivity (Wildman–Crippen MR) is 45.1 cm³/mol. The van der Waals surface area contributed by atoms with E-state index < -0.39 is 16.2 Å². The van der Waals surface area contributed by atoms with Gasteiger partial charge in [0.05, 0.1) is 6.42 Å². The zero-order valence-corrected chi connectivity index (χ0v) is 7.83. The second kappa shape index (κ2) is 3.60. The summed E-state index contributed by atoms with van der Waals surface area (Å²) in [5.41, 5.74) is 0. The van der Waals surface area contributed by atoms with Gasteiger partial charge in [-0.2, -0.15) is 12.7 Å². The van der Waals surface area contributed by atoms with Crippen LogP contribution in [0, 0.1) is 0 Å². The van der Waals surface area contributed by atoms with Gasteiger partial charge in [0.1, 0.15) is 0 Å². The number of carboxylic acid groups (broad SMARTS) is 1. The lowest BCUT2D eigenvalue weighted by Crippen LogP contribution is -2.39. The molecule has 13 heavy (non-hydrogen) atoms. The highest BCUT2D eigenvalue weighted by atomic mass is 32.2. The lowest BCUT2D eigenvalue weighted by molar-refractivity contribution is -0.137. The van der Waals surface area contributed by atoms with Gasteiger partial charge in [0.25, 0.3) is 10.2 Å². The van der Waals surface area contributed by atoms with E-state index in [4.69, 9.17) is 10.2 Å². The molecule has 1 aliphatic rings. The van der Waals surface area contributed by atoms with Crippen molar-refractivity contribution >= 4 is 16.2 Å². The van der Waals surface area contributed by atoms with Crippen molar-refractivity contribution in [2.45, 2.75) is 25.3 Å². The highest BCUT2D eigenvalue weighted by Gasteiger charge is 2.35. The van der Waals surface area contributed by atoms with Gasteiger partial charge in [-0.1, -0.05) is 0 Å². The molecule has 3 N–H and O–H groups in total. The number of rotatable bonds is 5. The molecule has 7 heteroatoms. The van der Waals surface area contributed by atoms with Crippen LogP contribution in [0.3, 0.4) is 0 Å². The fourth-order valence-corrected chi connectivity index (χ4v) is 2.06. The highest BCUT2D eigenvalue weighted by Crippen LogP contribution is 2.28. The third-order valence-corrected chi connectivity index (χ3v) is 2.96. The highest BCUT2D eigenvalue weighted by molar-refractivity contribution is 7.86. The molecule has 0 aromatic rings. The smallest absolute Gasteiger partial charge is 0.304 e. The van der Waals surface area contributed by atoms with Crippen LogP contribution in [-0.2, 0) is 15.0 Å². The van der Waals surface area contributed by atoms with Gasteiger partial charge < -0.3 is 5.11 Å². The second-order valence-corrected chi connectivity index (χ2v) is 4.53. The fourth-order valence-electron chi connectivity index (χ4n) is 1.09. The average molecular weight is 208 g/mol. The zero-order chi connectivity index (χ0) is 10.1. The molecule has 0 atom stereocenters. The number of carboxylic acids is 1. The summed E-state index contributed by atoms with van der Waals surface area (Å²) < 4.78 is 22.9. The molecule has 0 saturated heterocycles. The number of hydrogen-bond acceptors (Lipinski definition) is 3. The first-order valence-corrected chi connectivity index (χ1v) is 5.43.